The number of hydrogen-bond donors (Lipinski definition) is 0. The molecule has 3 nitrogen and oxygen atoms in total. The highest BCUT2D eigenvalue weighted by Gasteiger charge is 2.22. The zero-order chi connectivity index (χ0) is 17.9. The first-order valence-electron chi connectivity index (χ1n) is 6.87. The van der Waals surface area contributed by atoms with E-state index >= 15 is 0 Å². The highest BCUT2D eigenvalue weighted by molar-refractivity contribution is 9.08. The molecule has 0 saturated carbocycles. The van der Waals surface area contributed by atoms with Gasteiger partial charge in [-0.2, -0.15) is 0 Å². The normalized spacial score (nSPS) is 10.6. The van der Waals surface area contributed by atoms with Crippen molar-refractivity contribution in [1.29, 1.82) is 0 Å². The van der Waals surface area contributed by atoms with Crippen LogP contribution in [0.2, 0.25) is 10.0 Å². The van der Waals surface area contributed by atoms with Gasteiger partial charge in [0, 0.05) is 21.8 Å². The van der Waals surface area contributed by atoms with Crippen molar-refractivity contribution in [3.05, 3.63) is 56.6 Å². The lowest BCUT2D eigenvalue weighted by atomic mass is 9.95. The molecule has 2 aromatic rings. The quantitative estimate of drug-likeness (QED) is 0.362. The van der Waals surface area contributed by atoms with Gasteiger partial charge in [-0.05, 0) is 35.4 Å². The van der Waals surface area contributed by atoms with Crippen molar-refractivity contribution in [3.8, 4) is 11.5 Å². The Balaban J connectivity index is 2.62. The van der Waals surface area contributed by atoms with E-state index in [1.54, 1.807) is 24.3 Å². The smallest absolute Gasteiger partial charge is 0.193 e. The van der Waals surface area contributed by atoms with Crippen molar-refractivity contribution in [2.24, 2.45) is 0 Å². The number of ether oxygens (including phenoxy) is 2. The molecule has 2 rings (SSSR count). The molecule has 0 radical (unpaired) electrons. The predicted molar refractivity (Wildman–Crippen MR) is 105 cm³/mol. The van der Waals surface area contributed by atoms with Crippen LogP contribution in [-0.4, -0.2) is 20.0 Å². The minimum Gasteiger partial charge on any atom is -0.495 e. The summed E-state index contributed by atoms with van der Waals surface area (Å²) in [5.74, 6) is 0.889. The lowest BCUT2D eigenvalue weighted by Crippen LogP contribution is -2.09. The summed E-state index contributed by atoms with van der Waals surface area (Å²) in [4.78, 5) is 13.1. The van der Waals surface area contributed by atoms with Gasteiger partial charge < -0.3 is 9.47 Å². The van der Waals surface area contributed by atoms with Crippen LogP contribution in [-0.2, 0) is 10.7 Å². The number of halogens is 4. The number of ketones is 1. The van der Waals surface area contributed by atoms with Gasteiger partial charge in [-0.15, -0.1) is 0 Å². The topological polar surface area (TPSA) is 35.5 Å². The zero-order valence-corrected chi connectivity index (χ0v) is 17.6. The Morgan fingerprint density at radius 3 is 1.54 bits per heavy atom. The number of carbonyl (C=O) groups is 1. The van der Waals surface area contributed by atoms with Crippen molar-refractivity contribution in [2.45, 2.75) is 10.7 Å². The van der Waals surface area contributed by atoms with Crippen molar-refractivity contribution in [3.63, 3.8) is 0 Å². The molecule has 0 fully saturated rings. The van der Waals surface area contributed by atoms with Gasteiger partial charge in [-0.1, -0.05) is 55.1 Å². The van der Waals surface area contributed by atoms with Crippen LogP contribution in [0.3, 0.4) is 0 Å². The van der Waals surface area contributed by atoms with Crippen LogP contribution in [0.1, 0.15) is 27.0 Å². The van der Waals surface area contributed by atoms with Crippen LogP contribution in [0.5, 0.6) is 11.5 Å². The average Bonchev–Trinajstić information content (AvgIpc) is 2.60. The minimum absolute atomic E-state index is 0.159. The molecule has 0 aromatic heterocycles. The molecular formula is C17H14Br2Cl2O3. The molecule has 2 aromatic carbocycles. The van der Waals surface area contributed by atoms with E-state index in [1.807, 2.05) is 0 Å². The van der Waals surface area contributed by atoms with Crippen LogP contribution < -0.4 is 9.47 Å². The Kier molecular flexibility index (Phi) is 6.99. The van der Waals surface area contributed by atoms with Gasteiger partial charge in [0.15, 0.2) is 5.78 Å². The fourth-order valence-electron chi connectivity index (χ4n) is 2.35. The van der Waals surface area contributed by atoms with E-state index in [-0.39, 0.29) is 5.78 Å². The highest BCUT2D eigenvalue weighted by atomic mass is 79.9. The monoisotopic (exact) mass is 494 g/mol. The van der Waals surface area contributed by atoms with E-state index in [4.69, 9.17) is 32.7 Å². The van der Waals surface area contributed by atoms with E-state index in [2.05, 4.69) is 31.9 Å². The van der Waals surface area contributed by atoms with Crippen LogP contribution in [0.4, 0.5) is 0 Å². The Hall–Kier alpha value is -0.750. The van der Waals surface area contributed by atoms with Gasteiger partial charge in [0.05, 0.1) is 24.3 Å². The van der Waals surface area contributed by atoms with Crippen LogP contribution >= 0.6 is 55.1 Å². The number of benzene rings is 2. The SMILES string of the molecule is COc1ccc(C(=O)c2ccc(OC)c(Cl)c2CBr)c(CBr)c1Cl. The van der Waals surface area contributed by atoms with Crippen LogP contribution in [0, 0.1) is 0 Å². The summed E-state index contributed by atoms with van der Waals surface area (Å²) in [7, 11) is 3.07. The number of alkyl halides is 2. The molecule has 0 atom stereocenters. The first kappa shape index (κ1) is 19.6. The summed E-state index contributed by atoms with van der Waals surface area (Å²) in [6, 6.07) is 6.78. The number of methoxy groups -OCH3 is 2. The second kappa shape index (κ2) is 8.56. The maximum atomic E-state index is 13.1. The summed E-state index contributed by atoms with van der Waals surface area (Å²) in [6.45, 7) is 0. The number of hydrogen-bond acceptors (Lipinski definition) is 3. The average molecular weight is 497 g/mol. The largest absolute Gasteiger partial charge is 0.495 e. The Bertz CT molecular complexity index is 715. The standard InChI is InChI=1S/C17H14Br2Cl2O3/c1-23-13-5-3-9(11(7-18)15(13)20)17(22)10-4-6-14(24-2)16(21)12(10)8-19/h3-6H,7-8H2,1-2H3. The summed E-state index contributed by atoms with van der Waals surface area (Å²) < 4.78 is 10.4. The predicted octanol–water partition coefficient (Wildman–Crippen LogP) is 6.03. The van der Waals surface area contributed by atoms with Gasteiger partial charge in [0.1, 0.15) is 11.5 Å². The molecule has 0 aliphatic rings. The second-order valence-corrected chi connectivity index (χ2v) is 6.69. The molecule has 0 heterocycles. The first-order valence-corrected chi connectivity index (χ1v) is 9.87. The van der Waals surface area contributed by atoms with Crippen LogP contribution in [0.15, 0.2) is 24.3 Å². The minimum atomic E-state index is -0.159. The molecule has 24 heavy (non-hydrogen) atoms. The van der Waals surface area contributed by atoms with Crippen molar-refractivity contribution >= 4 is 60.8 Å². The lowest BCUT2D eigenvalue weighted by Gasteiger charge is -2.15. The van der Waals surface area contributed by atoms with Gasteiger partial charge in [0.25, 0.3) is 0 Å². The fourth-order valence-corrected chi connectivity index (χ4v) is 4.45. The van der Waals surface area contributed by atoms with Crippen molar-refractivity contribution in [2.75, 3.05) is 14.2 Å². The lowest BCUT2D eigenvalue weighted by molar-refractivity contribution is 0.103. The third-order valence-electron chi connectivity index (χ3n) is 3.61. The van der Waals surface area contributed by atoms with Gasteiger partial charge in [-0.3, -0.25) is 4.79 Å². The Morgan fingerprint density at radius 2 is 1.25 bits per heavy atom. The molecule has 0 N–H and O–H groups in total. The van der Waals surface area contributed by atoms with E-state index in [9.17, 15) is 4.79 Å². The van der Waals surface area contributed by atoms with Crippen molar-refractivity contribution < 1.29 is 14.3 Å². The first-order chi connectivity index (χ1) is 11.5. The molecule has 0 aliphatic heterocycles. The molecule has 0 spiro atoms. The Labute approximate surface area is 167 Å². The molecule has 0 amide bonds. The molecule has 128 valence electrons. The number of rotatable bonds is 6. The third-order valence-corrected chi connectivity index (χ3v) is 5.56. The fraction of sp³-hybridized carbons (Fsp3) is 0.235. The van der Waals surface area contributed by atoms with Gasteiger partial charge >= 0.3 is 0 Å². The summed E-state index contributed by atoms with van der Waals surface area (Å²) in [5.41, 5.74) is 2.35. The second-order valence-electron chi connectivity index (χ2n) is 4.81. The van der Waals surface area contributed by atoms with E-state index < -0.39 is 0 Å². The van der Waals surface area contributed by atoms with Gasteiger partial charge in [-0.25, -0.2) is 0 Å². The third kappa shape index (κ3) is 3.59. The molecule has 7 heteroatoms. The van der Waals surface area contributed by atoms with E-state index in [0.717, 1.165) is 0 Å². The van der Waals surface area contributed by atoms with Gasteiger partial charge in [0.2, 0.25) is 0 Å². The molecule has 0 saturated heterocycles. The van der Waals surface area contributed by atoms with E-state index in [0.29, 0.717) is 54.5 Å². The summed E-state index contributed by atoms with van der Waals surface area (Å²) in [5, 5.41) is 1.69. The maximum absolute atomic E-state index is 13.1. The number of carbonyl (C=O) groups excluding carboxylic acids is 1. The molecule has 0 aliphatic carbocycles. The zero-order valence-electron chi connectivity index (χ0n) is 13.0. The highest BCUT2D eigenvalue weighted by Crippen LogP contribution is 2.36. The van der Waals surface area contributed by atoms with Crippen molar-refractivity contribution in [1.82, 2.24) is 0 Å². The van der Waals surface area contributed by atoms with Crippen LogP contribution in [0.25, 0.3) is 0 Å². The molecular weight excluding hydrogens is 483 g/mol. The molecule has 0 bridgehead atoms. The van der Waals surface area contributed by atoms with E-state index in [1.165, 1.54) is 14.2 Å². The summed E-state index contributed by atoms with van der Waals surface area (Å²) in [6.07, 6.45) is 0. The summed E-state index contributed by atoms with van der Waals surface area (Å²) >= 11 is 19.4. The molecule has 0 unspecified atom stereocenters. The Morgan fingerprint density at radius 1 is 0.875 bits per heavy atom. The maximum Gasteiger partial charge on any atom is 0.193 e.